The molecule has 2 aromatic carbocycles. The number of fused-ring (bicyclic) bond motifs is 2. The summed E-state index contributed by atoms with van der Waals surface area (Å²) in [5, 5.41) is 4.54. The Balaban J connectivity index is 1.45. The van der Waals surface area contributed by atoms with Crippen LogP contribution in [0.4, 0.5) is 20.7 Å². The molecule has 0 amide bonds. The molecule has 5 aromatic rings. The molecular formula is C32H39F2N8O3Si. The van der Waals surface area contributed by atoms with Crippen LogP contribution in [0, 0.1) is 0 Å². The van der Waals surface area contributed by atoms with E-state index in [1.807, 2.05) is 53.4 Å². The summed E-state index contributed by atoms with van der Waals surface area (Å²) in [6, 6.07) is 16.9. The number of rotatable bonds is 14. The second kappa shape index (κ2) is 14.5. The molecule has 11 nitrogen and oxygen atoms in total. The van der Waals surface area contributed by atoms with Crippen molar-refractivity contribution < 1.29 is 23.0 Å². The Morgan fingerprint density at radius 2 is 1.78 bits per heavy atom. The highest BCUT2D eigenvalue weighted by Gasteiger charge is 2.25. The lowest BCUT2D eigenvalue weighted by atomic mass is 10.2. The van der Waals surface area contributed by atoms with Gasteiger partial charge in [-0.15, -0.1) is 0 Å². The van der Waals surface area contributed by atoms with Crippen LogP contribution in [-0.4, -0.2) is 84.4 Å². The van der Waals surface area contributed by atoms with Crippen LogP contribution in [-0.2, 0) is 35.7 Å². The number of para-hydroxylation sites is 2. The molecular weight excluding hydrogens is 610 g/mol. The van der Waals surface area contributed by atoms with Crippen LogP contribution in [0.5, 0.6) is 5.75 Å². The number of nitrogens with zero attached hydrogens (tertiary/aromatic N) is 8. The average molecular weight is 650 g/mol. The maximum absolute atomic E-state index is 13.6. The van der Waals surface area contributed by atoms with Gasteiger partial charge in [0, 0.05) is 47.0 Å². The van der Waals surface area contributed by atoms with Gasteiger partial charge in [0.05, 0.1) is 44.1 Å². The van der Waals surface area contributed by atoms with Crippen LogP contribution in [0.2, 0.25) is 19.1 Å². The third-order valence-corrected chi connectivity index (χ3v) is 9.13. The number of hydrogen-bond donors (Lipinski definition) is 0. The average Bonchev–Trinajstić information content (AvgIpc) is 3.63. The van der Waals surface area contributed by atoms with Crippen LogP contribution in [0.1, 0.15) is 17.0 Å². The Hall–Kier alpha value is -4.14. The molecule has 46 heavy (non-hydrogen) atoms. The number of morpholine rings is 1. The van der Waals surface area contributed by atoms with Crippen LogP contribution in [0.15, 0.2) is 54.7 Å². The molecule has 0 spiro atoms. The summed E-state index contributed by atoms with van der Waals surface area (Å²) in [4.78, 5) is 18.9. The summed E-state index contributed by atoms with van der Waals surface area (Å²) in [7, 11) is 1.23. The highest BCUT2D eigenvalue weighted by atomic mass is 28.3. The highest BCUT2D eigenvalue weighted by Crippen LogP contribution is 2.27. The Bertz CT molecular complexity index is 1740. The van der Waals surface area contributed by atoms with Crippen molar-refractivity contribution in [1.82, 2.24) is 29.1 Å². The topological polar surface area (TPSA) is 95.1 Å². The first kappa shape index (κ1) is 31.8. The Kier molecular flexibility index (Phi) is 10.0. The van der Waals surface area contributed by atoms with Crippen LogP contribution in [0.3, 0.4) is 0 Å². The summed E-state index contributed by atoms with van der Waals surface area (Å²) < 4.78 is 48.1. The van der Waals surface area contributed by atoms with Gasteiger partial charge in [-0.1, -0.05) is 37.4 Å². The molecule has 4 heterocycles. The first-order valence-electron chi connectivity index (χ1n) is 15.4. The number of alkyl halides is 2. The van der Waals surface area contributed by atoms with E-state index in [0.717, 1.165) is 34.2 Å². The van der Waals surface area contributed by atoms with Gasteiger partial charge in [0.25, 0.3) is 0 Å². The maximum atomic E-state index is 13.6. The van der Waals surface area contributed by atoms with E-state index in [9.17, 15) is 8.78 Å². The normalized spacial score (nSPS) is 13.8. The van der Waals surface area contributed by atoms with Crippen molar-refractivity contribution in [2.45, 2.75) is 51.8 Å². The number of anilines is 2. The van der Waals surface area contributed by atoms with E-state index in [1.165, 1.54) is 6.20 Å². The van der Waals surface area contributed by atoms with Gasteiger partial charge in [-0.05, 0) is 35.9 Å². The monoisotopic (exact) mass is 649 g/mol. The SMILES string of the molecule is COc1ccc(CN(Cc2nc3ccccc3n2COCC[Si](C)C)c2nc(N3CCOCC3)nc3c(CC(F)F)cnn23)cc1. The van der Waals surface area contributed by atoms with E-state index in [4.69, 9.17) is 29.2 Å². The first-order chi connectivity index (χ1) is 22.4. The van der Waals surface area contributed by atoms with E-state index in [2.05, 4.69) is 27.7 Å². The largest absolute Gasteiger partial charge is 0.497 e. The molecule has 0 bridgehead atoms. The summed E-state index contributed by atoms with van der Waals surface area (Å²) in [5.41, 5.74) is 3.56. The standard InChI is InChI=1S/C32H39F2N8O3Si/c1-43-25-10-8-23(9-11-25)20-40(21-29-36-26-6-4-5-7-27(26)41(29)22-45-16-17-46(2)3)32-38-31(39-12-14-44-15-13-39)37-30-24(18-28(33)34)19-35-42(30)32/h4-11,19,28H,12-18,20-22H2,1-3H3. The first-order valence-corrected chi connectivity index (χ1v) is 18.1. The number of methoxy groups -OCH3 is 1. The summed E-state index contributed by atoms with van der Waals surface area (Å²) in [6.07, 6.45) is -1.52. The van der Waals surface area contributed by atoms with E-state index in [0.29, 0.717) is 75.8 Å². The fourth-order valence-electron chi connectivity index (χ4n) is 5.46. The minimum absolute atomic E-state index is 0.347. The van der Waals surface area contributed by atoms with Crippen LogP contribution >= 0.6 is 0 Å². The van der Waals surface area contributed by atoms with Crippen LogP contribution < -0.4 is 14.5 Å². The number of ether oxygens (including phenoxy) is 3. The lowest BCUT2D eigenvalue weighted by Gasteiger charge is -2.29. The number of imidazole rings is 1. The molecule has 1 saturated heterocycles. The second-order valence-corrected chi connectivity index (χ2v) is 14.5. The molecule has 0 aliphatic carbocycles. The lowest BCUT2D eigenvalue weighted by Crippen LogP contribution is -2.38. The number of aromatic nitrogens is 6. The van der Waals surface area contributed by atoms with Gasteiger partial charge >= 0.3 is 0 Å². The van der Waals surface area contributed by atoms with Gasteiger partial charge in [0.1, 0.15) is 18.3 Å². The Labute approximate surface area is 268 Å². The van der Waals surface area contributed by atoms with E-state index in [1.54, 1.807) is 11.6 Å². The molecule has 3 aromatic heterocycles. The van der Waals surface area contributed by atoms with Crippen molar-refractivity contribution in [3.63, 3.8) is 0 Å². The van der Waals surface area contributed by atoms with Gasteiger partial charge in [-0.2, -0.15) is 19.6 Å². The predicted molar refractivity (Wildman–Crippen MR) is 174 cm³/mol. The van der Waals surface area contributed by atoms with Crippen molar-refractivity contribution >= 4 is 37.4 Å². The molecule has 0 saturated carbocycles. The highest BCUT2D eigenvalue weighted by molar-refractivity contribution is 6.55. The molecule has 1 aliphatic rings. The molecule has 243 valence electrons. The van der Waals surface area contributed by atoms with Crippen molar-refractivity contribution in [1.29, 1.82) is 0 Å². The van der Waals surface area contributed by atoms with Crippen molar-refractivity contribution in [2.75, 3.05) is 49.8 Å². The zero-order valence-corrected chi connectivity index (χ0v) is 27.4. The minimum Gasteiger partial charge on any atom is -0.497 e. The fourth-order valence-corrected chi connectivity index (χ4v) is 6.01. The molecule has 6 rings (SSSR count). The number of halogens is 2. The maximum Gasteiger partial charge on any atom is 0.242 e. The fraction of sp³-hybridized carbons (Fsp3) is 0.438. The number of benzene rings is 2. The van der Waals surface area contributed by atoms with E-state index >= 15 is 0 Å². The molecule has 0 unspecified atom stereocenters. The van der Waals surface area contributed by atoms with Gasteiger partial charge in [-0.3, -0.25) is 0 Å². The van der Waals surface area contributed by atoms with Gasteiger partial charge in [0.2, 0.25) is 18.3 Å². The lowest BCUT2D eigenvalue weighted by molar-refractivity contribution is 0.0882. The van der Waals surface area contributed by atoms with Gasteiger partial charge < -0.3 is 28.6 Å². The van der Waals surface area contributed by atoms with Crippen LogP contribution in [0.25, 0.3) is 16.7 Å². The third kappa shape index (κ3) is 7.29. The predicted octanol–water partition coefficient (Wildman–Crippen LogP) is 5.06. The second-order valence-electron chi connectivity index (χ2n) is 11.6. The Morgan fingerprint density at radius 1 is 1.00 bits per heavy atom. The van der Waals surface area contributed by atoms with E-state index in [-0.39, 0.29) is 0 Å². The smallest absolute Gasteiger partial charge is 0.242 e. The van der Waals surface area contributed by atoms with Gasteiger partial charge in [-0.25, -0.2) is 13.8 Å². The van der Waals surface area contributed by atoms with Crippen molar-refractivity contribution in [3.05, 3.63) is 71.7 Å². The summed E-state index contributed by atoms with van der Waals surface area (Å²) in [6.45, 7) is 8.63. The summed E-state index contributed by atoms with van der Waals surface area (Å²) in [5.74, 6) is 2.47. The third-order valence-electron chi connectivity index (χ3n) is 7.93. The van der Waals surface area contributed by atoms with Crippen molar-refractivity contribution in [2.24, 2.45) is 0 Å². The quantitative estimate of drug-likeness (QED) is 0.121. The number of hydrogen-bond acceptors (Lipinski definition) is 9. The Morgan fingerprint density at radius 3 is 2.52 bits per heavy atom. The molecule has 0 atom stereocenters. The zero-order valence-electron chi connectivity index (χ0n) is 26.4. The molecule has 14 heteroatoms. The molecule has 1 radical (unpaired) electrons. The van der Waals surface area contributed by atoms with Gasteiger partial charge in [0.15, 0.2) is 5.65 Å². The molecule has 1 fully saturated rings. The zero-order chi connectivity index (χ0) is 32.0. The summed E-state index contributed by atoms with van der Waals surface area (Å²) >= 11 is 0. The molecule has 1 aliphatic heterocycles. The minimum atomic E-state index is -2.54. The van der Waals surface area contributed by atoms with Crippen molar-refractivity contribution in [3.8, 4) is 5.75 Å². The van der Waals surface area contributed by atoms with E-state index < -0.39 is 21.6 Å². The molecule has 0 N–H and O–H groups in total.